The third-order valence-corrected chi connectivity index (χ3v) is 4.35. The number of aliphatic carboxylic acids is 1. The normalized spacial score (nSPS) is 11.3. The summed E-state index contributed by atoms with van der Waals surface area (Å²) in [6.07, 6.45) is 4.48. The first-order valence-electron chi connectivity index (χ1n) is 7.08. The van der Waals surface area contributed by atoms with Crippen LogP contribution in [-0.2, 0) is 11.8 Å². The summed E-state index contributed by atoms with van der Waals surface area (Å²) in [7, 11) is 1.89. The molecule has 0 radical (unpaired) electrons. The van der Waals surface area contributed by atoms with Gasteiger partial charge in [-0.15, -0.1) is 0 Å². The molecule has 0 amide bonds. The van der Waals surface area contributed by atoms with Crippen molar-refractivity contribution in [3.8, 4) is 11.5 Å². The molecule has 0 atom stereocenters. The van der Waals surface area contributed by atoms with Gasteiger partial charge in [-0.25, -0.2) is 4.79 Å². The zero-order chi connectivity index (χ0) is 17.3. The number of aromatic nitrogens is 1. The number of nitrogens with zero attached hydrogens (tertiary/aromatic N) is 1. The van der Waals surface area contributed by atoms with E-state index >= 15 is 0 Å². The van der Waals surface area contributed by atoms with Gasteiger partial charge >= 0.3 is 5.97 Å². The highest BCUT2D eigenvalue weighted by Gasteiger charge is 2.13. The summed E-state index contributed by atoms with van der Waals surface area (Å²) in [5.74, 6) is -0.000669. The molecule has 122 valence electrons. The molecule has 0 spiro atoms. The molecular formula is C18H13Cl2NO3. The number of hydrogen-bond acceptors (Lipinski definition) is 2. The van der Waals surface area contributed by atoms with Crippen molar-refractivity contribution in [1.29, 1.82) is 0 Å². The molecule has 0 saturated carbocycles. The van der Waals surface area contributed by atoms with Crippen molar-refractivity contribution in [3.63, 3.8) is 0 Å². The third-order valence-electron chi connectivity index (χ3n) is 3.55. The van der Waals surface area contributed by atoms with Gasteiger partial charge in [0.15, 0.2) is 0 Å². The minimum Gasteiger partial charge on any atom is -0.478 e. The highest BCUT2D eigenvalue weighted by molar-refractivity contribution is 6.42. The predicted molar refractivity (Wildman–Crippen MR) is 96.1 cm³/mol. The molecule has 4 nitrogen and oxygen atoms in total. The van der Waals surface area contributed by atoms with Crippen molar-refractivity contribution in [2.75, 3.05) is 0 Å². The van der Waals surface area contributed by atoms with E-state index < -0.39 is 5.97 Å². The van der Waals surface area contributed by atoms with E-state index in [1.165, 1.54) is 6.08 Å². The molecule has 0 aliphatic carbocycles. The largest absolute Gasteiger partial charge is 0.478 e. The van der Waals surface area contributed by atoms with Crippen LogP contribution >= 0.6 is 23.2 Å². The number of hydrogen-bond donors (Lipinski definition) is 1. The number of carboxylic acid groups (broad SMARTS) is 1. The lowest BCUT2D eigenvalue weighted by Crippen LogP contribution is -1.89. The first-order chi connectivity index (χ1) is 11.5. The van der Waals surface area contributed by atoms with Crippen molar-refractivity contribution < 1.29 is 14.6 Å². The summed E-state index contributed by atoms with van der Waals surface area (Å²) in [5.41, 5.74) is 1.65. The van der Waals surface area contributed by atoms with Gasteiger partial charge in [-0.2, -0.15) is 0 Å². The van der Waals surface area contributed by atoms with Crippen molar-refractivity contribution in [2.24, 2.45) is 7.05 Å². The van der Waals surface area contributed by atoms with E-state index in [1.807, 2.05) is 29.9 Å². The van der Waals surface area contributed by atoms with Crippen molar-refractivity contribution in [1.82, 2.24) is 4.57 Å². The number of carboxylic acids is 1. The number of carbonyl (C=O) groups is 1. The second kappa shape index (κ2) is 6.59. The maximum atomic E-state index is 10.8. The highest BCUT2D eigenvalue weighted by Crippen LogP contribution is 2.38. The first kappa shape index (κ1) is 16.4. The molecule has 24 heavy (non-hydrogen) atoms. The van der Waals surface area contributed by atoms with E-state index in [0.29, 0.717) is 21.5 Å². The van der Waals surface area contributed by atoms with Crippen molar-refractivity contribution in [3.05, 3.63) is 64.3 Å². The quantitative estimate of drug-likeness (QED) is 0.635. The first-order valence-corrected chi connectivity index (χ1v) is 7.84. The van der Waals surface area contributed by atoms with Gasteiger partial charge in [0.2, 0.25) is 0 Å². The minimum atomic E-state index is -1.01. The summed E-state index contributed by atoms with van der Waals surface area (Å²) in [6.45, 7) is 0. The van der Waals surface area contributed by atoms with E-state index in [2.05, 4.69) is 0 Å². The van der Waals surface area contributed by atoms with Gasteiger partial charge in [0, 0.05) is 30.3 Å². The zero-order valence-corrected chi connectivity index (χ0v) is 14.2. The zero-order valence-electron chi connectivity index (χ0n) is 12.7. The topological polar surface area (TPSA) is 51.5 Å². The Kier molecular flexibility index (Phi) is 4.51. The molecule has 0 aliphatic heterocycles. The Hall–Kier alpha value is -2.43. The number of fused-ring (bicyclic) bond motifs is 1. The monoisotopic (exact) mass is 361 g/mol. The summed E-state index contributed by atoms with van der Waals surface area (Å²) >= 11 is 12.2. The summed E-state index contributed by atoms with van der Waals surface area (Å²) < 4.78 is 7.86. The molecule has 1 heterocycles. The van der Waals surface area contributed by atoms with Gasteiger partial charge in [0.1, 0.15) is 16.5 Å². The van der Waals surface area contributed by atoms with Crippen LogP contribution in [0.2, 0.25) is 10.0 Å². The number of benzene rings is 2. The van der Waals surface area contributed by atoms with E-state index in [-0.39, 0.29) is 0 Å². The SMILES string of the molecule is Cn1cc(/C=C/C(=O)O)c2c(Oc3cccc(Cl)c3Cl)cccc21. The Morgan fingerprint density at radius 3 is 2.62 bits per heavy atom. The second-order valence-electron chi connectivity index (χ2n) is 5.17. The Morgan fingerprint density at radius 2 is 1.88 bits per heavy atom. The van der Waals surface area contributed by atoms with Crippen LogP contribution in [0.5, 0.6) is 11.5 Å². The summed E-state index contributed by atoms with van der Waals surface area (Å²) in [6, 6.07) is 10.8. The van der Waals surface area contributed by atoms with Gasteiger partial charge in [0.05, 0.1) is 10.5 Å². The van der Waals surface area contributed by atoms with Crippen molar-refractivity contribution >= 4 is 46.2 Å². The lowest BCUT2D eigenvalue weighted by Gasteiger charge is -2.10. The standard InChI is InChI=1S/C18H13Cl2NO3/c1-21-10-11(8-9-16(22)23)17-13(21)5-3-6-14(17)24-15-7-2-4-12(19)18(15)20/h2-10H,1H3,(H,22,23)/b9-8+. The summed E-state index contributed by atoms with van der Waals surface area (Å²) in [5, 5.41) is 10.4. The fourth-order valence-corrected chi connectivity index (χ4v) is 2.83. The number of aryl methyl sites for hydroxylation is 1. The molecule has 0 fully saturated rings. The van der Waals surface area contributed by atoms with Crippen LogP contribution in [0, 0.1) is 0 Å². The molecule has 1 aromatic heterocycles. The van der Waals surface area contributed by atoms with E-state index in [9.17, 15) is 4.79 Å². The molecule has 0 bridgehead atoms. The highest BCUT2D eigenvalue weighted by atomic mass is 35.5. The average Bonchev–Trinajstić information content (AvgIpc) is 2.87. The predicted octanol–water partition coefficient (Wildman–Crippen LogP) is 5.38. The Morgan fingerprint density at radius 1 is 1.17 bits per heavy atom. The number of halogens is 2. The maximum absolute atomic E-state index is 10.8. The molecule has 6 heteroatoms. The van der Waals surface area contributed by atoms with E-state index in [0.717, 1.165) is 22.5 Å². The van der Waals surface area contributed by atoms with Gasteiger partial charge in [-0.05, 0) is 30.3 Å². The maximum Gasteiger partial charge on any atom is 0.328 e. The van der Waals surface area contributed by atoms with E-state index in [4.69, 9.17) is 33.0 Å². The molecule has 0 unspecified atom stereocenters. The second-order valence-corrected chi connectivity index (χ2v) is 5.96. The summed E-state index contributed by atoms with van der Waals surface area (Å²) in [4.78, 5) is 10.8. The fourth-order valence-electron chi connectivity index (χ4n) is 2.50. The van der Waals surface area contributed by atoms with Crippen molar-refractivity contribution in [2.45, 2.75) is 0 Å². The lowest BCUT2D eigenvalue weighted by atomic mass is 10.1. The average molecular weight is 362 g/mol. The lowest BCUT2D eigenvalue weighted by molar-refractivity contribution is -0.131. The van der Waals surface area contributed by atoms with Crippen LogP contribution in [0.3, 0.4) is 0 Å². The molecule has 2 aromatic carbocycles. The van der Waals surface area contributed by atoms with Gasteiger partial charge in [-0.1, -0.05) is 35.3 Å². The molecule has 3 aromatic rings. The smallest absolute Gasteiger partial charge is 0.328 e. The molecular weight excluding hydrogens is 349 g/mol. The van der Waals surface area contributed by atoms with Crippen LogP contribution in [0.1, 0.15) is 5.56 Å². The molecule has 1 N–H and O–H groups in total. The minimum absolute atomic E-state index is 0.328. The van der Waals surface area contributed by atoms with Crippen LogP contribution < -0.4 is 4.74 Å². The van der Waals surface area contributed by atoms with Crippen LogP contribution in [0.25, 0.3) is 17.0 Å². The number of rotatable bonds is 4. The Labute approximate surface area is 148 Å². The molecule has 0 aliphatic rings. The van der Waals surface area contributed by atoms with E-state index in [1.54, 1.807) is 24.3 Å². The number of ether oxygens (including phenoxy) is 1. The molecule has 0 saturated heterocycles. The van der Waals surface area contributed by atoms with Gasteiger partial charge in [-0.3, -0.25) is 0 Å². The van der Waals surface area contributed by atoms with Crippen LogP contribution in [0.4, 0.5) is 0 Å². The van der Waals surface area contributed by atoms with Crippen LogP contribution in [0.15, 0.2) is 48.7 Å². The fraction of sp³-hybridized carbons (Fsp3) is 0.0556. The van der Waals surface area contributed by atoms with Crippen LogP contribution in [-0.4, -0.2) is 15.6 Å². The molecule has 3 rings (SSSR count). The third kappa shape index (κ3) is 3.11. The van der Waals surface area contributed by atoms with Gasteiger partial charge in [0.25, 0.3) is 0 Å². The Bertz CT molecular complexity index is 960. The van der Waals surface area contributed by atoms with Gasteiger partial charge < -0.3 is 14.4 Å². The Balaban J connectivity index is 2.14.